The van der Waals surface area contributed by atoms with Gasteiger partial charge in [0, 0.05) is 12.1 Å². The van der Waals surface area contributed by atoms with Crippen molar-refractivity contribution in [2.75, 3.05) is 18.6 Å². The van der Waals surface area contributed by atoms with E-state index in [2.05, 4.69) is 62.7 Å². The van der Waals surface area contributed by atoms with E-state index in [0.717, 1.165) is 6.54 Å². The summed E-state index contributed by atoms with van der Waals surface area (Å²) in [5.41, 5.74) is 1.66. The molecule has 1 nitrogen and oxygen atoms in total. The molecule has 1 rings (SSSR count). The van der Waals surface area contributed by atoms with E-state index in [0.29, 0.717) is 5.92 Å². The SMILES string of the molecule is CSCCC(CNC(C)(C)C)c1ccccc1. The first-order chi connectivity index (χ1) is 8.03. The first kappa shape index (κ1) is 14.6. The second kappa shape index (κ2) is 7.07. The molecule has 1 N–H and O–H groups in total. The van der Waals surface area contributed by atoms with Gasteiger partial charge in [0.05, 0.1) is 0 Å². The van der Waals surface area contributed by atoms with Crippen LogP contribution in [0.15, 0.2) is 30.3 Å². The smallest absolute Gasteiger partial charge is 0.00967 e. The highest BCUT2D eigenvalue weighted by atomic mass is 32.2. The maximum absolute atomic E-state index is 3.62. The van der Waals surface area contributed by atoms with E-state index in [1.807, 2.05) is 11.8 Å². The molecule has 1 unspecified atom stereocenters. The van der Waals surface area contributed by atoms with Gasteiger partial charge in [0.2, 0.25) is 0 Å². The van der Waals surface area contributed by atoms with Gasteiger partial charge < -0.3 is 5.32 Å². The zero-order valence-corrected chi connectivity index (χ0v) is 12.3. The van der Waals surface area contributed by atoms with Crippen LogP contribution in [0.1, 0.15) is 38.7 Å². The summed E-state index contributed by atoms with van der Waals surface area (Å²) in [5, 5.41) is 3.62. The van der Waals surface area contributed by atoms with Crippen LogP contribution in [0.5, 0.6) is 0 Å². The van der Waals surface area contributed by atoms with Crippen molar-refractivity contribution in [3.63, 3.8) is 0 Å². The van der Waals surface area contributed by atoms with E-state index in [4.69, 9.17) is 0 Å². The number of hydrogen-bond donors (Lipinski definition) is 1. The van der Waals surface area contributed by atoms with E-state index in [-0.39, 0.29) is 5.54 Å². The largest absolute Gasteiger partial charge is 0.311 e. The number of hydrogen-bond acceptors (Lipinski definition) is 2. The van der Waals surface area contributed by atoms with Gasteiger partial charge in [-0.05, 0) is 50.7 Å². The molecule has 1 aromatic carbocycles. The van der Waals surface area contributed by atoms with Gasteiger partial charge in [0.1, 0.15) is 0 Å². The Balaban J connectivity index is 2.61. The Hall–Kier alpha value is -0.470. The van der Waals surface area contributed by atoms with E-state index in [1.165, 1.54) is 17.7 Å². The first-order valence-corrected chi connectivity index (χ1v) is 7.71. The van der Waals surface area contributed by atoms with Crippen molar-refractivity contribution in [1.29, 1.82) is 0 Å². The number of thioether (sulfide) groups is 1. The van der Waals surface area contributed by atoms with Crippen molar-refractivity contribution in [2.45, 2.75) is 38.6 Å². The van der Waals surface area contributed by atoms with Crippen molar-refractivity contribution in [3.8, 4) is 0 Å². The second-order valence-electron chi connectivity index (χ2n) is 5.52. The zero-order valence-electron chi connectivity index (χ0n) is 11.5. The lowest BCUT2D eigenvalue weighted by Crippen LogP contribution is -2.38. The van der Waals surface area contributed by atoms with Crippen LogP contribution in [0.2, 0.25) is 0 Å². The van der Waals surface area contributed by atoms with Gasteiger partial charge in [-0.3, -0.25) is 0 Å². The molecule has 2 heteroatoms. The second-order valence-corrected chi connectivity index (χ2v) is 6.51. The predicted molar refractivity (Wildman–Crippen MR) is 79.9 cm³/mol. The normalized spacial score (nSPS) is 13.6. The summed E-state index contributed by atoms with van der Waals surface area (Å²) in [5.74, 6) is 1.86. The van der Waals surface area contributed by atoms with Crippen LogP contribution in [0, 0.1) is 0 Å². The van der Waals surface area contributed by atoms with Crippen LogP contribution in [0.3, 0.4) is 0 Å². The first-order valence-electron chi connectivity index (χ1n) is 6.32. The molecule has 0 fully saturated rings. The van der Waals surface area contributed by atoms with Crippen LogP contribution in [-0.2, 0) is 0 Å². The van der Waals surface area contributed by atoms with E-state index < -0.39 is 0 Å². The molecule has 0 aromatic heterocycles. The Morgan fingerprint density at radius 1 is 1.18 bits per heavy atom. The molecular weight excluding hydrogens is 226 g/mol. The molecule has 17 heavy (non-hydrogen) atoms. The van der Waals surface area contributed by atoms with Crippen LogP contribution in [0.25, 0.3) is 0 Å². The van der Waals surface area contributed by atoms with Crippen molar-refractivity contribution >= 4 is 11.8 Å². The maximum atomic E-state index is 3.62. The van der Waals surface area contributed by atoms with Gasteiger partial charge in [0.25, 0.3) is 0 Å². The molecule has 0 spiro atoms. The fourth-order valence-electron chi connectivity index (χ4n) is 1.80. The summed E-state index contributed by atoms with van der Waals surface area (Å²) >= 11 is 1.93. The highest BCUT2D eigenvalue weighted by Crippen LogP contribution is 2.21. The third-order valence-corrected chi connectivity index (χ3v) is 3.46. The lowest BCUT2D eigenvalue weighted by molar-refractivity contribution is 0.403. The molecule has 0 aliphatic rings. The topological polar surface area (TPSA) is 12.0 Å². The van der Waals surface area contributed by atoms with Crippen molar-refractivity contribution in [2.24, 2.45) is 0 Å². The molecule has 0 radical (unpaired) electrons. The summed E-state index contributed by atoms with van der Waals surface area (Å²) in [4.78, 5) is 0. The fourth-order valence-corrected chi connectivity index (χ4v) is 2.32. The third-order valence-electron chi connectivity index (χ3n) is 2.82. The average Bonchev–Trinajstić information content (AvgIpc) is 2.29. The lowest BCUT2D eigenvalue weighted by atomic mass is 9.95. The Morgan fingerprint density at radius 2 is 1.82 bits per heavy atom. The number of benzene rings is 1. The Labute approximate surface area is 110 Å². The Kier molecular flexibility index (Phi) is 6.07. The van der Waals surface area contributed by atoms with Gasteiger partial charge in [-0.15, -0.1) is 0 Å². The van der Waals surface area contributed by atoms with Gasteiger partial charge in [-0.25, -0.2) is 0 Å². The van der Waals surface area contributed by atoms with Crippen LogP contribution >= 0.6 is 11.8 Å². The lowest BCUT2D eigenvalue weighted by Gasteiger charge is -2.25. The molecule has 0 saturated carbocycles. The molecule has 1 aromatic rings. The highest BCUT2D eigenvalue weighted by Gasteiger charge is 2.15. The summed E-state index contributed by atoms with van der Waals surface area (Å²) < 4.78 is 0. The molecule has 1 atom stereocenters. The van der Waals surface area contributed by atoms with Crippen molar-refractivity contribution in [1.82, 2.24) is 5.32 Å². The fraction of sp³-hybridized carbons (Fsp3) is 0.600. The monoisotopic (exact) mass is 251 g/mol. The van der Waals surface area contributed by atoms with Gasteiger partial charge in [0.15, 0.2) is 0 Å². The molecule has 96 valence electrons. The van der Waals surface area contributed by atoms with Gasteiger partial charge in [-0.2, -0.15) is 11.8 Å². The summed E-state index contributed by atoms with van der Waals surface area (Å²) in [6.07, 6.45) is 3.42. The van der Waals surface area contributed by atoms with Gasteiger partial charge >= 0.3 is 0 Å². The van der Waals surface area contributed by atoms with E-state index in [9.17, 15) is 0 Å². The van der Waals surface area contributed by atoms with Crippen molar-refractivity contribution < 1.29 is 0 Å². The molecule has 0 heterocycles. The minimum absolute atomic E-state index is 0.201. The van der Waals surface area contributed by atoms with Crippen molar-refractivity contribution in [3.05, 3.63) is 35.9 Å². The quantitative estimate of drug-likeness (QED) is 0.822. The number of rotatable bonds is 6. The molecule has 0 aliphatic carbocycles. The molecular formula is C15H25NS. The molecule has 0 amide bonds. The minimum Gasteiger partial charge on any atom is -0.311 e. The minimum atomic E-state index is 0.201. The molecule has 0 bridgehead atoms. The van der Waals surface area contributed by atoms with Crippen LogP contribution in [0.4, 0.5) is 0 Å². The maximum Gasteiger partial charge on any atom is 0.00967 e. The Morgan fingerprint density at radius 3 is 2.35 bits per heavy atom. The van der Waals surface area contributed by atoms with Crippen LogP contribution in [-0.4, -0.2) is 24.1 Å². The summed E-state index contributed by atoms with van der Waals surface area (Å²) in [7, 11) is 0. The number of nitrogens with one attached hydrogen (secondary N) is 1. The van der Waals surface area contributed by atoms with E-state index in [1.54, 1.807) is 0 Å². The molecule has 0 aliphatic heterocycles. The van der Waals surface area contributed by atoms with Gasteiger partial charge in [-0.1, -0.05) is 30.3 Å². The summed E-state index contributed by atoms with van der Waals surface area (Å²) in [6.45, 7) is 7.74. The van der Waals surface area contributed by atoms with Crippen LogP contribution < -0.4 is 5.32 Å². The van der Waals surface area contributed by atoms with E-state index >= 15 is 0 Å². The Bertz CT molecular complexity index is 302. The predicted octanol–water partition coefficient (Wildman–Crippen LogP) is 3.91. The zero-order chi connectivity index (χ0) is 12.7. The summed E-state index contributed by atoms with van der Waals surface area (Å²) in [6, 6.07) is 10.9. The third kappa shape index (κ3) is 6.13. The molecule has 0 saturated heterocycles. The average molecular weight is 251 g/mol. The standard InChI is InChI=1S/C15H25NS/c1-15(2,3)16-12-14(10-11-17-4)13-8-6-5-7-9-13/h5-9,14,16H,10-12H2,1-4H3. The highest BCUT2D eigenvalue weighted by molar-refractivity contribution is 7.98.